The molecule has 1 saturated carbocycles. The third-order valence-electron chi connectivity index (χ3n) is 12.9. The van der Waals surface area contributed by atoms with E-state index < -0.39 is 23.6 Å². The monoisotopic (exact) mass is 1000 g/mol. The number of esters is 1. The predicted octanol–water partition coefficient (Wildman–Crippen LogP) is 5.81. The average Bonchev–Trinajstić information content (AvgIpc) is 4.01. The molecule has 0 spiro atoms. The van der Waals surface area contributed by atoms with Crippen LogP contribution in [0.4, 0.5) is 0 Å². The number of aliphatic hydroxyl groups is 3. The normalized spacial score (nSPS) is 16.6. The van der Waals surface area contributed by atoms with Crippen LogP contribution in [-0.2, 0) is 32.9 Å². The summed E-state index contributed by atoms with van der Waals surface area (Å²) >= 11 is 0. The van der Waals surface area contributed by atoms with Gasteiger partial charge in [-0.3, -0.25) is 0 Å². The maximum Gasteiger partial charge on any atom is 0.343 e. The van der Waals surface area contributed by atoms with E-state index in [0.29, 0.717) is 28.6 Å². The number of fused-ring (bicyclic) bond motifs is 1. The van der Waals surface area contributed by atoms with Crippen molar-refractivity contribution >= 4 is 22.7 Å². The molecule has 68 heavy (non-hydrogen) atoms. The number of aliphatic hydroxyl groups excluding tert-OH is 2. The van der Waals surface area contributed by atoms with E-state index in [1.54, 1.807) is 30.3 Å². The Bertz CT molecular complexity index is 2260. The first-order valence-electron chi connectivity index (χ1n) is 24.0. The number of quaternary nitrogens is 1. The standard InChI is InChI=1S/C25H37NO4.C19H28NO3.C11H8O3.BrH/c27-20-23-18-22(13-14-24(23)28)25(29)19-26-15-7-1-2-8-16-30-17-9-6-12-21-10-4-3-5-11-21;1-20(2)13-12-17(14-20)23-18(21)19(22,16-10-6-7-11-16)15-8-4-3-5-9-15;12-10-8-4-2-1-3-7(8)5-6-9(10)11(13)14;/h3-5,10-11,13-14,18,25-29H,1-2,6-9,12,15-17,19-20H2;3-5,8-9,16-17,22H,6-7,10-14H2,1-2H3;1-6,12H,(H,13,14);1H/q;+1;;/p-1. The molecule has 12 nitrogen and oxygen atoms in total. The summed E-state index contributed by atoms with van der Waals surface area (Å²) in [5.41, 5.74) is 1.64. The Hall–Kier alpha value is -4.86. The van der Waals surface area contributed by atoms with E-state index in [0.717, 1.165) is 113 Å². The second kappa shape index (κ2) is 28.6. The van der Waals surface area contributed by atoms with Crippen LogP contribution >= 0.6 is 0 Å². The third kappa shape index (κ3) is 17.0. The van der Waals surface area contributed by atoms with Gasteiger partial charge in [0.15, 0.2) is 11.7 Å². The molecule has 7 N–H and O–H groups in total. The lowest BCUT2D eigenvalue weighted by molar-refractivity contribution is -0.879. The molecule has 7 rings (SSSR count). The maximum absolute atomic E-state index is 12.9. The van der Waals surface area contributed by atoms with E-state index in [1.807, 2.05) is 42.5 Å². The van der Waals surface area contributed by atoms with Crippen molar-refractivity contribution in [2.24, 2.45) is 5.92 Å². The highest BCUT2D eigenvalue weighted by atomic mass is 79.9. The Kier molecular flexibility index (Phi) is 23.4. The number of likely N-dealkylation sites (tertiary alicyclic amines) is 1. The van der Waals surface area contributed by atoms with Gasteiger partial charge >= 0.3 is 11.9 Å². The second-order valence-electron chi connectivity index (χ2n) is 18.5. The number of hydrogen-bond donors (Lipinski definition) is 7. The van der Waals surface area contributed by atoms with Gasteiger partial charge in [0, 0.05) is 43.0 Å². The van der Waals surface area contributed by atoms with Crippen molar-refractivity contribution in [1.82, 2.24) is 5.32 Å². The molecule has 2 aliphatic rings. The second-order valence-corrected chi connectivity index (χ2v) is 18.5. The first kappa shape index (κ1) is 55.7. The van der Waals surface area contributed by atoms with Gasteiger partial charge in [-0.2, -0.15) is 0 Å². The number of carbonyl (C=O) groups is 2. The number of benzene rings is 5. The molecule has 0 radical (unpaired) electrons. The minimum absolute atomic E-state index is 0. The van der Waals surface area contributed by atoms with Crippen LogP contribution in [0.2, 0.25) is 0 Å². The molecule has 0 aromatic heterocycles. The van der Waals surface area contributed by atoms with Gasteiger partial charge in [0.2, 0.25) is 0 Å². The van der Waals surface area contributed by atoms with Crippen molar-refractivity contribution in [3.05, 3.63) is 143 Å². The van der Waals surface area contributed by atoms with E-state index in [1.165, 1.54) is 24.1 Å². The molecule has 370 valence electrons. The minimum Gasteiger partial charge on any atom is -1.00 e. The molecule has 1 aliphatic carbocycles. The lowest BCUT2D eigenvalue weighted by atomic mass is 9.80. The Morgan fingerprint density at radius 1 is 0.794 bits per heavy atom. The summed E-state index contributed by atoms with van der Waals surface area (Å²) in [5, 5.41) is 63.4. The SMILES string of the molecule is C[N+]1(C)CCC(OC(=O)C(O)(c2ccccc2)C2CCCC2)C1.O=C(O)c1ccc2ccccc2c1O.OCc1cc(C(O)CNCCCCCCOCCCCc2ccccc2)ccc1O.[Br-]. The quantitative estimate of drug-likeness (QED) is 0.0268. The molecule has 1 aliphatic heterocycles. The van der Waals surface area contributed by atoms with Gasteiger partial charge in [0.05, 0.1) is 33.4 Å². The number of aromatic carboxylic acids is 1. The van der Waals surface area contributed by atoms with Crippen LogP contribution in [-0.4, -0.2) is 107 Å². The fourth-order valence-corrected chi connectivity index (χ4v) is 8.93. The van der Waals surface area contributed by atoms with Crippen LogP contribution in [0.25, 0.3) is 10.8 Å². The predicted molar refractivity (Wildman–Crippen MR) is 262 cm³/mol. The van der Waals surface area contributed by atoms with E-state index in [2.05, 4.69) is 49.7 Å². The maximum atomic E-state index is 12.9. The van der Waals surface area contributed by atoms with Gasteiger partial charge in [-0.1, -0.05) is 123 Å². The Labute approximate surface area is 412 Å². The van der Waals surface area contributed by atoms with Gasteiger partial charge in [-0.15, -0.1) is 0 Å². The van der Waals surface area contributed by atoms with Gasteiger partial charge in [0.25, 0.3) is 0 Å². The summed E-state index contributed by atoms with van der Waals surface area (Å²) in [6.45, 7) is 4.60. The summed E-state index contributed by atoms with van der Waals surface area (Å²) in [6.07, 6.45) is 11.9. The molecule has 1 heterocycles. The van der Waals surface area contributed by atoms with Crippen LogP contribution in [0.15, 0.2) is 115 Å². The van der Waals surface area contributed by atoms with E-state index in [4.69, 9.17) is 14.6 Å². The molecule has 1 saturated heterocycles. The molecular formula is C55H73BrN2O10. The number of nitrogens with zero attached hydrogens (tertiary/aromatic N) is 1. The number of hydrogen-bond acceptors (Lipinski definition) is 10. The number of nitrogens with one attached hydrogen (secondary N) is 1. The van der Waals surface area contributed by atoms with Crippen molar-refractivity contribution in [3.63, 3.8) is 0 Å². The van der Waals surface area contributed by atoms with Gasteiger partial charge in [-0.05, 0) is 91.8 Å². The van der Waals surface area contributed by atoms with Crippen LogP contribution in [0.5, 0.6) is 11.5 Å². The number of halogens is 1. The zero-order valence-electron chi connectivity index (χ0n) is 39.8. The molecular weight excluding hydrogens is 929 g/mol. The van der Waals surface area contributed by atoms with E-state index >= 15 is 0 Å². The highest BCUT2D eigenvalue weighted by Crippen LogP contribution is 2.42. The van der Waals surface area contributed by atoms with Crippen molar-refractivity contribution in [1.29, 1.82) is 0 Å². The summed E-state index contributed by atoms with van der Waals surface area (Å²) < 4.78 is 12.4. The number of carboxylic acid groups (broad SMARTS) is 1. The fourth-order valence-electron chi connectivity index (χ4n) is 8.93. The molecule has 0 bridgehead atoms. The molecule has 13 heteroatoms. The van der Waals surface area contributed by atoms with Crippen molar-refractivity contribution in [2.75, 3.05) is 53.5 Å². The van der Waals surface area contributed by atoms with Crippen LogP contribution in [0.3, 0.4) is 0 Å². The van der Waals surface area contributed by atoms with Crippen molar-refractivity contribution < 1.29 is 71.2 Å². The molecule has 2 fully saturated rings. The number of aryl methyl sites for hydroxylation is 1. The number of ether oxygens (including phenoxy) is 2. The van der Waals surface area contributed by atoms with Crippen LogP contribution in [0.1, 0.15) is 109 Å². The number of carboxylic acids is 1. The molecule has 3 atom stereocenters. The summed E-state index contributed by atoms with van der Waals surface area (Å²) in [7, 11) is 4.29. The van der Waals surface area contributed by atoms with E-state index in [9.17, 15) is 35.1 Å². The smallest absolute Gasteiger partial charge is 0.343 e. The Balaban J connectivity index is 0.000000234. The number of phenols is 2. The van der Waals surface area contributed by atoms with Gasteiger partial charge in [0.1, 0.15) is 23.6 Å². The first-order chi connectivity index (χ1) is 32.3. The number of likely N-dealkylation sites (N-methyl/N-ethyl adjacent to an activating group) is 1. The topological polar surface area (TPSA) is 186 Å². The lowest BCUT2D eigenvalue weighted by Crippen LogP contribution is -3.00. The Morgan fingerprint density at radius 3 is 2.10 bits per heavy atom. The minimum atomic E-state index is -1.50. The number of aromatic hydroxyl groups is 2. The molecule has 0 amide bonds. The van der Waals surface area contributed by atoms with Gasteiger partial charge in [-0.25, -0.2) is 9.59 Å². The zero-order valence-corrected chi connectivity index (χ0v) is 41.4. The summed E-state index contributed by atoms with van der Waals surface area (Å²) in [6, 6.07) is 34.9. The van der Waals surface area contributed by atoms with Crippen molar-refractivity contribution in [2.45, 2.75) is 101 Å². The highest BCUT2D eigenvalue weighted by Gasteiger charge is 2.49. The van der Waals surface area contributed by atoms with Crippen LogP contribution in [0, 0.1) is 5.92 Å². The van der Waals surface area contributed by atoms with Gasteiger partial charge < -0.3 is 66.9 Å². The number of rotatable bonds is 21. The molecule has 3 unspecified atom stereocenters. The highest BCUT2D eigenvalue weighted by molar-refractivity contribution is 6.00. The number of unbranched alkanes of at least 4 members (excludes halogenated alkanes) is 4. The Morgan fingerprint density at radius 2 is 1.44 bits per heavy atom. The van der Waals surface area contributed by atoms with E-state index in [-0.39, 0.29) is 52.7 Å². The summed E-state index contributed by atoms with van der Waals surface area (Å²) in [5.74, 6) is -1.73. The zero-order chi connectivity index (χ0) is 48.1. The fraction of sp³-hybridized carbons (Fsp3) is 0.455. The molecule has 5 aromatic carbocycles. The molecule has 5 aromatic rings. The van der Waals surface area contributed by atoms with Crippen LogP contribution < -0.4 is 22.3 Å². The lowest BCUT2D eigenvalue weighted by Gasteiger charge is -2.33. The summed E-state index contributed by atoms with van der Waals surface area (Å²) in [4.78, 5) is 23.6. The number of carbonyl (C=O) groups excluding carboxylic acids is 1. The first-order valence-corrected chi connectivity index (χ1v) is 24.0. The third-order valence-corrected chi connectivity index (χ3v) is 12.9. The average molecular weight is 1000 g/mol. The largest absolute Gasteiger partial charge is 1.00 e. The van der Waals surface area contributed by atoms with Crippen molar-refractivity contribution in [3.8, 4) is 11.5 Å².